The molecule has 1 unspecified atom stereocenters. The van der Waals surface area contributed by atoms with Crippen LogP contribution >= 0.6 is 0 Å². The normalized spacial score (nSPS) is 13.5. The highest BCUT2D eigenvalue weighted by molar-refractivity contribution is 7.88. The van der Waals surface area contributed by atoms with Gasteiger partial charge in [-0.15, -0.1) is 0 Å². The van der Waals surface area contributed by atoms with E-state index in [1.807, 2.05) is 48.5 Å². The van der Waals surface area contributed by atoms with Gasteiger partial charge in [0.25, 0.3) is 0 Å². The topological polar surface area (TPSA) is 151 Å². The highest BCUT2D eigenvalue weighted by atomic mass is 32.2. The Morgan fingerprint density at radius 3 is 2.12 bits per heavy atom. The summed E-state index contributed by atoms with van der Waals surface area (Å²) in [5.74, 6) is -2.23. The zero-order valence-electron chi connectivity index (χ0n) is 17.9. The third kappa shape index (κ3) is 6.53. The molecule has 2 aromatic rings. The fourth-order valence-corrected chi connectivity index (χ4v) is 4.18. The van der Waals surface area contributed by atoms with Gasteiger partial charge >= 0.3 is 12.1 Å². The summed E-state index contributed by atoms with van der Waals surface area (Å²) in [6.45, 7) is -0.136. The molecule has 2 amide bonds. The monoisotopic (exact) mass is 475 g/mol. The third-order valence-electron chi connectivity index (χ3n) is 5.12. The van der Waals surface area contributed by atoms with E-state index in [0.29, 0.717) is 0 Å². The smallest absolute Gasteiger partial charge is 0.407 e. The SMILES string of the molecule is CS(=O)(=O)NCCNC(=O)C(CC(=O)O)NC(=O)OCC1c2ccccc2-c2ccccc21. The molecule has 176 valence electrons. The molecule has 10 nitrogen and oxygen atoms in total. The summed E-state index contributed by atoms with van der Waals surface area (Å²) in [5.41, 5.74) is 4.16. The number of nitrogens with one attached hydrogen (secondary N) is 3. The lowest BCUT2D eigenvalue weighted by molar-refractivity contribution is -0.139. The molecule has 0 fully saturated rings. The quantitative estimate of drug-likeness (QED) is 0.375. The number of benzene rings is 2. The summed E-state index contributed by atoms with van der Waals surface area (Å²) >= 11 is 0. The van der Waals surface area contributed by atoms with Crippen LogP contribution in [0.5, 0.6) is 0 Å². The van der Waals surface area contributed by atoms with Crippen LogP contribution in [0.1, 0.15) is 23.5 Å². The van der Waals surface area contributed by atoms with Gasteiger partial charge in [-0.3, -0.25) is 9.59 Å². The fraction of sp³-hybridized carbons (Fsp3) is 0.318. The van der Waals surface area contributed by atoms with E-state index in [1.54, 1.807) is 0 Å². The van der Waals surface area contributed by atoms with E-state index in [0.717, 1.165) is 28.5 Å². The maximum Gasteiger partial charge on any atom is 0.407 e. The van der Waals surface area contributed by atoms with E-state index >= 15 is 0 Å². The minimum atomic E-state index is -3.42. The Bertz CT molecular complexity index is 1100. The average molecular weight is 476 g/mol. The number of amides is 2. The largest absolute Gasteiger partial charge is 0.481 e. The number of ether oxygens (including phenoxy) is 1. The number of fused-ring (bicyclic) bond motifs is 3. The number of carbonyl (C=O) groups is 3. The Hall–Kier alpha value is -3.44. The first kappa shape index (κ1) is 24.2. The number of carboxylic acid groups (broad SMARTS) is 1. The first-order valence-electron chi connectivity index (χ1n) is 10.2. The molecule has 3 rings (SSSR count). The Balaban J connectivity index is 1.59. The molecule has 0 radical (unpaired) electrons. The number of alkyl carbamates (subject to hydrolysis) is 1. The van der Waals surface area contributed by atoms with Crippen LogP contribution in [0.2, 0.25) is 0 Å². The van der Waals surface area contributed by atoms with Gasteiger partial charge in [0.15, 0.2) is 0 Å². The highest BCUT2D eigenvalue weighted by Gasteiger charge is 2.30. The Morgan fingerprint density at radius 2 is 1.58 bits per heavy atom. The van der Waals surface area contributed by atoms with Crippen molar-refractivity contribution in [3.8, 4) is 11.1 Å². The molecule has 0 bridgehead atoms. The van der Waals surface area contributed by atoms with Crippen molar-refractivity contribution >= 4 is 28.0 Å². The van der Waals surface area contributed by atoms with Gasteiger partial charge in [-0.25, -0.2) is 17.9 Å². The summed E-state index contributed by atoms with van der Waals surface area (Å²) in [6.07, 6.45) is -0.608. The summed E-state index contributed by atoms with van der Waals surface area (Å²) in [6, 6.07) is 14.2. The molecular weight excluding hydrogens is 450 g/mol. The highest BCUT2D eigenvalue weighted by Crippen LogP contribution is 2.44. The van der Waals surface area contributed by atoms with Gasteiger partial charge in [0.1, 0.15) is 12.6 Å². The summed E-state index contributed by atoms with van der Waals surface area (Å²) in [4.78, 5) is 35.8. The summed E-state index contributed by atoms with van der Waals surface area (Å²) in [5, 5.41) is 13.8. The van der Waals surface area contributed by atoms with E-state index in [9.17, 15) is 22.8 Å². The van der Waals surface area contributed by atoms with Crippen molar-refractivity contribution in [2.24, 2.45) is 0 Å². The molecule has 0 aromatic heterocycles. The van der Waals surface area contributed by atoms with Gasteiger partial charge in [0.05, 0.1) is 12.7 Å². The minimum absolute atomic E-state index is 0.0134. The Kier molecular flexibility index (Phi) is 7.67. The standard InChI is InChI=1S/C22H25N3O7S/c1-33(30,31)24-11-10-23-21(28)19(12-20(26)27)25-22(29)32-13-18-16-8-4-2-6-14(16)15-7-3-5-9-17(15)18/h2-9,18-19,24H,10-13H2,1H3,(H,23,28)(H,25,29)(H,26,27). The van der Waals surface area contributed by atoms with Crippen molar-refractivity contribution in [1.29, 1.82) is 0 Å². The molecular formula is C22H25N3O7S. The van der Waals surface area contributed by atoms with Gasteiger partial charge in [0.2, 0.25) is 15.9 Å². The van der Waals surface area contributed by atoms with E-state index in [4.69, 9.17) is 9.84 Å². The van der Waals surface area contributed by atoms with Crippen molar-refractivity contribution in [2.75, 3.05) is 26.0 Å². The minimum Gasteiger partial charge on any atom is -0.481 e. The molecule has 0 saturated carbocycles. The van der Waals surface area contributed by atoms with E-state index in [1.165, 1.54) is 0 Å². The zero-order chi connectivity index (χ0) is 24.0. The number of carbonyl (C=O) groups excluding carboxylic acids is 2. The molecule has 0 saturated heterocycles. The van der Waals surface area contributed by atoms with Crippen molar-refractivity contribution in [3.05, 3.63) is 59.7 Å². The second-order valence-corrected chi connectivity index (χ2v) is 9.41. The number of carboxylic acids is 1. The van der Waals surface area contributed by atoms with Crippen LogP contribution in [0.3, 0.4) is 0 Å². The molecule has 33 heavy (non-hydrogen) atoms. The maximum atomic E-state index is 12.4. The predicted molar refractivity (Wildman–Crippen MR) is 120 cm³/mol. The molecule has 11 heteroatoms. The van der Waals surface area contributed by atoms with Gasteiger partial charge < -0.3 is 20.5 Å². The molecule has 4 N–H and O–H groups in total. The van der Waals surface area contributed by atoms with Crippen molar-refractivity contribution in [2.45, 2.75) is 18.4 Å². The molecule has 0 aliphatic heterocycles. The van der Waals surface area contributed by atoms with Crippen molar-refractivity contribution in [1.82, 2.24) is 15.4 Å². The number of rotatable bonds is 10. The van der Waals surface area contributed by atoms with E-state index < -0.39 is 40.5 Å². The number of aliphatic carboxylic acids is 1. The van der Waals surface area contributed by atoms with E-state index in [2.05, 4.69) is 15.4 Å². The van der Waals surface area contributed by atoms with E-state index in [-0.39, 0.29) is 25.6 Å². The second kappa shape index (κ2) is 10.5. The average Bonchev–Trinajstić information content (AvgIpc) is 3.07. The van der Waals surface area contributed by atoms with Gasteiger partial charge in [-0.1, -0.05) is 48.5 Å². The summed E-state index contributed by atoms with van der Waals surface area (Å²) < 4.78 is 29.7. The zero-order valence-corrected chi connectivity index (χ0v) is 18.7. The van der Waals surface area contributed by atoms with Crippen LogP contribution in [0.4, 0.5) is 4.79 Å². The van der Waals surface area contributed by atoms with Crippen LogP contribution < -0.4 is 15.4 Å². The van der Waals surface area contributed by atoms with Crippen LogP contribution in [0, 0.1) is 0 Å². The van der Waals surface area contributed by atoms with Gasteiger partial charge in [0, 0.05) is 19.0 Å². The lowest BCUT2D eigenvalue weighted by atomic mass is 9.98. The number of sulfonamides is 1. The lowest BCUT2D eigenvalue weighted by Gasteiger charge is -2.18. The van der Waals surface area contributed by atoms with Gasteiger partial charge in [-0.2, -0.15) is 0 Å². The van der Waals surface area contributed by atoms with Crippen molar-refractivity contribution in [3.63, 3.8) is 0 Å². The molecule has 0 heterocycles. The molecule has 1 atom stereocenters. The molecule has 2 aromatic carbocycles. The maximum absolute atomic E-state index is 12.4. The summed E-state index contributed by atoms with van der Waals surface area (Å²) in [7, 11) is -3.42. The fourth-order valence-electron chi connectivity index (χ4n) is 3.71. The Labute approximate surface area is 191 Å². The van der Waals surface area contributed by atoms with Crippen LogP contribution in [-0.4, -0.2) is 63.5 Å². The lowest BCUT2D eigenvalue weighted by Crippen LogP contribution is -2.49. The molecule has 1 aliphatic rings. The first-order chi connectivity index (χ1) is 15.7. The Morgan fingerprint density at radius 1 is 1.00 bits per heavy atom. The van der Waals surface area contributed by atoms with Gasteiger partial charge in [-0.05, 0) is 22.3 Å². The van der Waals surface area contributed by atoms with Crippen LogP contribution in [-0.2, 0) is 24.3 Å². The number of hydrogen-bond donors (Lipinski definition) is 4. The van der Waals surface area contributed by atoms with Crippen LogP contribution in [0.15, 0.2) is 48.5 Å². The molecule has 0 spiro atoms. The van der Waals surface area contributed by atoms with Crippen molar-refractivity contribution < 1.29 is 32.6 Å². The predicted octanol–water partition coefficient (Wildman–Crippen LogP) is 1.03. The third-order valence-corrected chi connectivity index (χ3v) is 5.85. The number of hydrogen-bond acceptors (Lipinski definition) is 6. The second-order valence-electron chi connectivity index (χ2n) is 7.58. The van der Waals surface area contributed by atoms with Crippen LogP contribution in [0.25, 0.3) is 11.1 Å². The molecule has 1 aliphatic carbocycles. The first-order valence-corrected chi connectivity index (χ1v) is 12.1.